The SMILES string of the molecule is CCN1CCN(CCCCNC(=NC)N(C)Cc2cccc(Cl)c2)CC1.I. The monoisotopic (exact) mass is 507 g/mol. The molecule has 1 aliphatic rings. The Morgan fingerprint density at radius 3 is 2.52 bits per heavy atom. The van der Waals surface area contributed by atoms with E-state index in [0.717, 1.165) is 30.5 Å². The molecule has 1 heterocycles. The molecule has 1 fully saturated rings. The Hall–Kier alpha value is -0.570. The zero-order chi connectivity index (χ0) is 18.8. The van der Waals surface area contributed by atoms with Crippen molar-refractivity contribution in [2.75, 3.05) is 59.9 Å². The number of nitrogens with zero attached hydrogens (tertiary/aromatic N) is 4. The molecular formula is C20H35ClIN5. The molecule has 2 rings (SSSR count). The second-order valence-corrected chi connectivity index (χ2v) is 7.38. The maximum Gasteiger partial charge on any atom is 0.193 e. The van der Waals surface area contributed by atoms with Crippen molar-refractivity contribution < 1.29 is 0 Å². The van der Waals surface area contributed by atoms with E-state index >= 15 is 0 Å². The Kier molecular flexibility index (Phi) is 12.3. The molecule has 1 N–H and O–H groups in total. The predicted molar refractivity (Wildman–Crippen MR) is 127 cm³/mol. The third-order valence-electron chi connectivity index (χ3n) is 4.98. The van der Waals surface area contributed by atoms with Gasteiger partial charge in [0, 0.05) is 58.4 Å². The van der Waals surface area contributed by atoms with Gasteiger partial charge in [-0.05, 0) is 43.6 Å². The highest BCUT2D eigenvalue weighted by atomic mass is 127. The number of likely N-dealkylation sites (N-methyl/N-ethyl adjacent to an activating group) is 1. The largest absolute Gasteiger partial charge is 0.356 e. The van der Waals surface area contributed by atoms with Crippen molar-refractivity contribution in [3.8, 4) is 0 Å². The summed E-state index contributed by atoms with van der Waals surface area (Å²) in [7, 11) is 3.90. The van der Waals surface area contributed by atoms with Crippen LogP contribution in [0.2, 0.25) is 5.02 Å². The predicted octanol–water partition coefficient (Wildman–Crippen LogP) is 3.38. The lowest BCUT2D eigenvalue weighted by Gasteiger charge is -2.34. The standard InChI is InChI=1S/C20H34ClN5.HI/c1-4-25-12-14-26(15-13-25)11-6-5-10-23-20(22-2)24(3)17-18-8-7-9-19(21)16-18;/h7-9,16H,4-6,10-15,17H2,1-3H3,(H,22,23);1H. The maximum absolute atomic E-state index is 6.07. The molecule has 1 aliphatic heterocycles. The summed E-state index contributed by atoms with van der Waals surface area (Å²) in [4.78, 5) is 11.6. The normalized spacial score (nSPS) is 16.1. The van der Waals surface area contributed by atoms with Crippen molar-refractivity contribution in [1.29, 1.82) is 0 Å². The van der Waals surface area contributed by atoms with Gasteiger partial charge in [-0.2, -0.15) is 0 Å². The van der Waals surface area contributed by atoms with Crippen LogP contribution in [0.15, 0.2) is 29.3 Å². The molecule has 154 valence electrons. The fourth-order valence-corrected chi connectivity index (χ4v) is 3.57. The first-order valence-corrected chi connectivity index (χ1v) is 10.1. The molecule has 1 aromatic carbocycles. The molecule has 0 spiro atoms. The lowest BCUT2D eigenvalue weighted by molar-refractivity contribution is 0.136. The minimum Gasteiger partial charge on any atom is -0.356 e. The summed E-state index contributed by atoms with van der Waals surface area (Å²) in [5, 5.41) is 4.25. The van der Waals surface area contributed by atoms with Gasteiger partial charge in [-0.3, -0.25) is 4.99 Å². The topological polar surface area (TPSA) is 34.1 Å². The van der Waals surface area contributed by atoms with Crippen molar-refractivity contribution in [3.05, 3.63) is 34.9 Å². The lowest BCUT2D eigenvalue weighted by atomic mass is 10.2. The van der Waals surface area contributed by atoms with E-state index in [2.05, 4.69) is 45.0 Å². The summed E-state index contributed by atoms with van der Waals surface area (Å²) in [5.74, 6) is 0.932. The number of aliphatic imine (C=N–C) groups is 1. The van der Waals surface area contributed by atoms with Gasteiger partial charge in [0.1, 0.15) is 0 Å². The number of hydrogen-bond acceptors (Lipinski definition) is 3. The zero-order valence-corrected chi connectivity index (χ0v) is 20.0. The van der Waals surface area contributed by atoms with Gasteiger partial charge < -0.3 is 20.0 Å². The second kappa shape index (κ2) is 13.6. The first kappa shape index (κ1) is 24.5. The Balaban J connectivity index is 0.00000364. The molecule has 0 bridgehead atoms. The smallest absolute Gasteiger partial charge is 0.193 e. The maximum atomic E-state index is 6.07. The van der Waals surface area contributed by atoms with Crippen LogP contribution in [0.1, 0.15) is 25.3 Å². The summed E-state index contributed by atoms with van der Waals surface area (Å²) in [6, 6.07) is 7.99. The molecule has 0 aliphatic carbocycles. The highest BCUT2D eigenvalue weighted by Crippen LogP contribution is 2.12. The first-order chi connectivity index (χ1) is 12.6. The number of halogens is 2. The fraction of sp³-hybridized carbons (Fsp3) is 0.650. The van der Waals surface area contributed by atoms with Crippen molar-refractivity contribution in [2.45, 2.75) is 26.3 Å². The van der Waals surface area contributed by atoms with Gasteiger partial charge in [-0.1, -0.05) is 30.7 Å². The quantitative estimate of drug-likeness (QED) is 0.253. The van der Waals surface area contributed by atoms with Crippen LogP contribution >= 0.6 is 35.6 Å². The van der Waals surface area contributed by atoms with Crippen LogP contribution in [0.5, 0.6) is 0 Å². The van der Waals surface area contributed by atoms with E-state index in [0.29, 0.717) is 0 Å². The number of unbranched alkanes of at least 4 members (excludes halogenated alkanes) is 1. The van der Waals surface area contributed by atoms with Gasteiger partial charge in [0.05, 0.1) is 0 Å². The molecule has 0 atom stereocenters. The third kappa shape index (κ3) is 8.98. The van der Waals surface area contributed by atoms with Crippen LogP contribution in [0.25, 0.3) is 0 Å². The molecule has 7 heteroatoms. The summed E-state index contributed by atoms with van der Waals surface area (Å²) < 4.78 is 0. The Morgan fingerprint density at radius 2 is 1.89 bits per heavy atom. The molecule has 1 aromatic rings. The Labute approximate surface area is 187 Å². The molecule has 0 unspecified atom stereocenters. The highest BCUT2D eigenvalue weighted by molar-refractivity contribution is 14.0. The van der Waals surface area contributed by atoms with Crippen molar-refractivity contribution in [3.63, 3.8) is 0 Å². The molecule has 0 radical (unpaired) electrons. The van der Waals surface area contributed by atoms with Crippen LogP contribution in [-0.4, -0.2) is 80.6 Å². The number of rotatable bonds is 8. The van der Waals surface area contributed by atoms with Crippen LogP contribution in [0.3, 0.4) is 0 Å². The first-order valence-electron chi connectivity index (χ1n) is 9.73. The lowest BCUT2D eigenvalue weighted by Crippen LogP contribution is -2.46. The van der Waals surface area contributed by atoms with Crippen LogP contribution in [0.4, 0.5) is 0 Å². The molecule has 27 heavy (non-hydrogen) atoms. The minimum absolute atomic E-state index is 0. The average Bonchev–Trinajstić information content (AvgIpc) is 2.65. The van der Waals surface area contributed by atoms with E-state index in [1.54, 1.807) is 0 Å². The summed E-state index contributed by atoms with van der Waals surface area (Å²) in [6.45, 7) is 11.2. The van der Waals surface area contributed by atoms with Gasteiger partial charge in [0.15, 0.2) is 5.96 Å². The van der Waals surface area contributed by atoms with E-state index in [1.807, 2.05) is 25.2 Å². The second-order valence-electron chi connectivity index (χ2n) is 6.94. The number of nitrogens with one attached hydrogen (secondary N) is 1. The third-order valence-corrected chi connectivity index (χ3v) is 5.21. The molecule has 0 saturated carbocycles. The fourth-order valence-electron chi connectivity index (χ4n) is 3.36. The summed E-state index contributed by atoms with van der Waals surface area (Å²) >= 11 is 6.07. The van der Waals surface area contributed by atoms with Crippen molar-refractivity contribution in [1.82, 2.24) is 20.0 Å². The van der Waals surface area contributed by atoms with Crippen LogP contribution in [-0.2, 0) is 6.54 Å². The number of benzene rings is 1. The van der Waals surface area contributed by atoms with E-state index in [1.165, 1.54) is 51.3 Å². The van der Waals surface area contributed by atoms with Crippen LogP contribution in [0, 0.1) is 0 Å². The zero-order valence-electron chi connectivity index (χ0n) is 17.0. The Morgan fingerprint density at radius 1 is 1.19 bits per heavy atom. The Bertz CT molecular complexity index is 561. The average molecular weight is 508 g/mol. The van der Waals surface area contributed by atoms with Crippen LogP contribution < -0.4 is 5.32 Å². The minimum atomic E-state index is 0. The number of guanidine groups is 1. The number of piperazine rings is 1. The highest BCUT2D eigenvalue weighted by Gasteiger charge is 2.14. The van der Waals surface area contributed by atoms with Gasteiger partial charge in [-0.25, -0.2) is 0 Å². The molecule has 5 nitrogen and oxygen atoms in total. The molecule has 0 amide bonds. The van der Waals surface area contributed by atoms with Gasteiger partial charge in [0.2, 0.25) is 0 Å². The molecule has 1 saturated heterocycles. The van der Waals surface area contributed by atoms with Crippen molar-refractivity contribution in [2.24, 2.45) is 4.99 Å². The van der Waals surface area contributed by atoms with Gasteiger partial charge in [0.25, 0.3) is 0 Å². The van der Waals surface area contributed by atoms with Gasteiger partial charge >= 0.3 is 0 Å². The number of hydrogen-bond donors (Lipinski definition) is 1. The van der Waals surface area contributed by atoms with Gasteiger partial charge in [-0.15, -0.1) is 24.0 Å². The molecular weight excluding hydrogens is 473 g/mol. The van der Waals surface area contributed by atoms with E-state index in [9.17, 15) is 0 Å². The van der Waals surface area contributed by atoms with E-state index in [4.69, 9.17) is 11.6 Å². The summed E-state index contributed by atoms with van der Waals surface area (Å²) in [6.07, 6.45) is 2.39. The van der Waals surface area contributed by atoms with E-state index in [-0.39, 0.29) is 24.0 Å². The molecule has 0 aromatic heterocycles. The van der Waals surface area contributed by atoms with Crippen molar-refractivity contribution >= 4 is 41.5 Å². The van der Waals surface area contributed by atoms with E-state index < -0.39 is 0 Å². The summed E-state index contributed by atoms with van der Waals surface area (Å²) in [5.41, 5.74) is 1.19.